The number of likely N-dealkylation sites (tertiary alicyclic amines) is 1. The lowest BCUT2D eigenvalue weighted by Crippen LogP contribution is -2.42. The Hall–Kier alpha value is -0.610. The molecule has 0 aromatic rings. The summed E-state index contributed by atoms with van der Waals surface area (Å²) in [5.74, 6) is 0.473. The number of rotatable bonds is 7. The van der Waals surface area contributed by atoms with Crippen molar-refractivity contribution in [2.75, 3.05) is 26.2 Å². The minimum atomic E-state index is -0.346. The minimum absolute atomic E-state index is 0.000113. The molecule has 17 heavy (non-hydrogen) atoms. The molecule has 3 N–H and O–H groups in total. The highest BCUT2D eigenvalue weighted by Gasteiger charge is 2.14. The number of amides is 1. The summed E-state index contributed by atoms with van der Waals surface area (Å²) in [6.45, 7) is 8.46. The van der Waals surface area contributed by atoms with Crippen molar-refractivity contribution >= 4 is 5.91 Å². The Morgan fingerprint density at radius 2 is 2.00 bits per heavy atom. The fourth-order valence-corrected chi connectivity index (χ4v) is 2.27. The van der Waals surface area contributed by atoms with Gasteiger partial charge >= 0.3 is 0 Å². The molecule has 0 aromatic heterocycles. The summed E-state index contributed by atoms with van der Waals surface area (Å²) >= 11 is 0. The zero-order valence-corrected chi connectivity index (χ0v) is 11.2. The molecule has 4 heteroatoms. The van der Waals surface area contributed by atoms with E-state index in [1.807, 2.05) is 0 Å². The number of nitrogens with zero attached hydrogens (tertiary/aromatic N) is 1. The lowest BCUT2D eigenvalue weighted by molar-refractivity contribution is -0.122. The summed E-state index contributed by atoms with van der Waals surface area (Å²) in [6, 6.07) is -0.346. The number of nitrogens with one attached hydrogen (secondary N) is 1. The van der Waals surface area contributed by atoms with Crippen LogP contribution < -0.4 is 11.1 Å². The fraction of sp³-hybridized carbons (Fsp3) is 0.923. The van der Waals surface area contributed by atoms with Crippen molar-refractivity contribution in [1.82, 2.24) is 10.2 Å². The number of carbonyl (C=O) groups excluding carboxylic acids is 1. The van der Waals surface area contributed by atoms with Crippen molar-refractivity contribution in [1.29, 1.82) is 0 Å². The van der Waals surface area contributed by atoms with Crippen molar-refractivity contribution in [2.24, 2.45) is 11.7 Å². The second-order valence-electron chi connectivity index (χ2n) is 5.43. The summed E-state index contributed by atoms with van der Waals surface area (Å²) in [4.78, 5) is 14.1. The number of hydrogen-bond donors (Lipinski definition) is 2. The monoisotopic (exact) mass is 241 g/mol. The number of nitrogens with two attached hydrogens (primary N) is 1. The molecule has 0 radical (unpaired) electrons. The summed E-state index contributed by atoms with van der Waals surface area (Å²) in [6.07, 6.45) is 4.44. The zero-order chi connectivity index (χ0) is 12.7. The molecule has 4 nitrogen and oxygen atoms in total. The Morgan fingerprint density at radius 3 is 2.59 bits per heavy atom. The van der Waals surface area contributed by atoms with Crippen molar-refractivity contribution in [2.45, 2.75) is 45.6 Å². The van der Waals surface area contributed by atoms with Crippen molar-refractivity contribution in [3.63, 3.8) is 0 Å². The van der Waals surface area contributed by atoms with Crippen LogP contribution in [0.25, 0.3) is 0 Å². The Labute approximate surface area is 105 Å². The third kappa shape index (κ3) is 6.03. The van der Waals surface area contributed by atoms with Crippen LogP contribution in [0.5, 0.6) is 0 Å². The van der Waals surface area contributed by atoms with E-state index in [1.165, 1.54) is 25.9 Å². The molecule has 0 spiro atoms. The largest absolute Gasteiger partial charge is 0.355 e. The first-order valence-electron chi connectivity index (χ1n) is 6.85. The van der Waals surface area contributed by atoms with Crippen LogP contribution >= 0.6 is 0 Å². The van der Waals surface area contributed by atoms with Gasteiger partial charge in [0.05, 0.1) is 6.04 Å². The van der Waals surface area contributed by atoms with Crippen LogP contribution in [0.3, 0.4) is 0 Å². The highest BCUT2D eigenvalue weighted by molar-refractivity contribution is 5.81. The molecule has 1 heterocycles. The van der Waals surface area contributed by atoms with Gasteiger partial charge in [-0.15, -0.1) is 0 Å². The first-order chi connectivity index (χ1) is 8.09. The van der Waals surface area contributed by atoms with E-state index in [0.29, 0.717) is 5.92 Å². The lowest BCUT2D eigenvalue weighted by atomic mass is 10.0. The van der Waals surface area contributed by atoms with Crippen molar-refractivity contribution in [3.05, 3.63) is 0 Å². The van der Waals surface area contributed by atoms with Crippen LogP contribution in [0, 0.1) is 5.92 Å². The minimum Gasteiger partial charge on any atom is -0.355 e. The summed E-state index contributed by atoms with van der Waals surface area (Å²) in [5, 5.41) is 2.92. The van der Waals surface area contributed by atoms with E-state index in [-0.39, 0.29) is 11.9 Å². The molecule has 1 rings (SSSR count). The fourth-order valence-electron chi connectivity index (χ4n) is 2.27. The van der Waals surface area contributed by atoms with Gasteiger partial charge in [0, 0.05) is 6.54 Å². The average Bonchev–Trinajstić information content (AvgIpc) is 2.75. The second kappa shape index (κ2) is 7.67. The SMILES string of the molecule is CC(C)CC(N)C(=O)NCCCN1CCCC1. The van der Waals surface area contributed by atoms with Crippen LogP contribution in [-0.4, -0.2) is 43.0 Å². The first-order valence-corrected chi connectivity index (χ1v) is 6.85. The van der Waals surface area contributed by atoms with E-state index in [2.05, 4.69) is 24.1 Å². The lowest BCUT2D eigenvalue weighted by Gasteiger charge is -2.16. The highest BCUT2D eigenvalue weighted by atomic mass is 16.2. The average molecular weight is 241 g/mol. The topological polar surface area (TPSA) is 58.4 Å². The Balaban J connectivity index is 2.02. The number of hydrogen-bond acceptors (Lipinski definition) is 3. The second-order valence-corrected chi connectivity index (χ2v) is 5.43. The van der Waals surface area contributed by atoms with Gasteiger partial charge in [0.15, 0.2) is 0 Å². The molecular weight excluding hydrogens is 214 g/mol. The summed E-state index contributed by atoms with van der Waals surface area (Å²) in [7, 11) is 0. The molecule has 100 valence electrons. The van der Waals surface area contributed by atoms with E-state index in [4.69, 9.17) is 5.73 Å². The standard InChI is InChI=1S/C13H27N3O/c1-11(2)10-12(14)13(17)15-6-5-9-16-7-3-4-8-16/h11-12H,3-10,14H2,1-2H3,(H,15,17). The van der Waals surface area contributed by atoms with E-state index in [1.54, 1.807) is 0 Å². The Bertz CT molecular complexity index is 225. The van der Waals surface area contributed by atoms with E-state index in [9.17, 15) is 4.79 Å². The predicted octanol–water partition coefficient (Wildman–Crippen LogP) is 0.962. The normalized spacial score (nSPS) is 18.6. The summed E-state index contributed by atoms with van der Waals surface area (Å²) < 4.78 is 0. The van der Waals surface area contributed by atoms with Gasteiger partial charge in [0.2, 0.25) is 5.91 Å². The van der Waals surface area contributed by atoms with Gasteiger partial charge in [-0.25, -0.2) is 0 Å². The molecule has 1 aliphatic rings. The molecular formula is C13H27N3O. The smallest absolute Gasteiger partial charge is 0.236 e. The van der Waals surface area contributed by atoms with Crippen LogP contribution in [0.4, 0.5) is 0 Å². The third-order valence-electron chi connectivity index (χ3n) is 3.21. The number of carbonyl (C=O) groups is 1. The molecule has 0 aliphatic carbocycles. The molecule has 1 atom stereocenters. The quantitative estimate of drug-likeness (QED) is 0.653. The zero-order valence-electron chi connectivity index (χ0n) is 11.2. The van der Waals surface area contributed by atoms with Gasteiger partial charge in [-0.3, -0.25) is 4.79 Å². The van der Waals surface area contributed by atoms with Crippen molar-refractivity contribution in [3.8, 4) is 0 Å². The molecule has 1 aliphatic heterocycles. The maximum Gasteiger partial charge on any atom is 0.236 e. The molecule has 1 unspecified atom stereocenters. The van der Waals surface area contributed by atoms with Crippen LogP contribution in [0.2, 0.25) is 0 Å². The van der Waals surface area contributed by atoms with E-state index in [0.717, 1.165) is 25.9 Å². The van der Waals surface area contributed by atoms with E-state index < -0.39 is 0 Å². The summed E-state index contributed by atoms with van der Waals surface area (Å²) in [5.41, 5.74) is 5.80. The Kier molecular flexibility index (Phi) is 6.52. The van der Waals surface area contributed by atoms with Gasteiger partial charge in [0.1, 0.15) is 0 Å². The molecule has 0 bridgehead atoms. The van der Waals surface area contributed by atoms with Crippen molar-refractivity contribution < 1.29 is 4.79 Å². The van der Waals surface area contributed by atoms with Crippen LogP contribution in [0.1, 0.15) is 39.5 Å². The van der Waals surface area contributed by atoms with E-state index >= 15 is 0 Å². The first kappa shape index (κ1) is 14.5. The molecule has 0 saturated carbocycles. The molecule has 1 saturated heterocycles. The molecule has 0 aromatic carbocycles. The van der Waals surface area contributed by atoms with Gasteiger partial charge in [0.25, 0.3) is 0 Å². The van der Waals surface area contributed by atoms with Crippen LogP contribution in [0.15, 0.2) is 0 Å². The Morgan fingerprint density at radius 1 is 1.35 bits per heavy atom. The predicted molar refractivity (Wildman–Crippen MR) is 70.7 cm³/mol. The van der Waals surface area contributed by atoms with Gasteiger partial charge in [-0.2, -0.15) is 0 Å². The maximum absolute atomic E-state index is 11.6. The highest BCUT2D eigenvalue weighted by Crippen LogP contribution is 2.07. The maximum atomic E-state index is 11.6. The molecule has 1 amide bonds. The van der Waals surface area contributed by atoms with Gasteiger partial charge in [-0.05, 0) is 51.2 Å². The molecule has 1 fully saturated rings. The van der Waals surface area contributed by atoms with Gasteiger partial charge < -0.3 is 16.0 Å². The van der Waals surface area contributed by atoms with Crippen LogP contribution in [-0.2, 0) is 4.79 Å². The van der Waals surface area contributed by atoms with Gasteiger partial charge in [-0.1, -0.05) is 13.8 Å². The third-order valence-corrected chi connectivity index (χ3v) is 3.21.